The Bertz CT molecular complexity index is 1230. The van der Waals surface area contributed by atoms with Gasteiger partial charge in [-0.2, -0.15) is 0 Å². The normalized spacial score (nSPS) is 12.5. The summed E-state index contributed by atoms with van der Waals surface area (Å²) in [6.07, 6.45) is 81.1. The average Bonchev–Trinajstić information content (AvgIpc) is 3.38. The highest BCUT2D eigenvalue weighted by atomic mass is 16.6. The minimum absolute atomic E-state index is 0.0822. The van der Waals surface area contributed by atoms with Gasteiger partial charge in [-0.25, -0.2) is 0 Å². The summed E-state index contributed by atoms with van der Waals surface area (Å²) in [5.41, 5.74) is 0. The van der Waals surface area contributed by atoms with Crippen molar-refractivity contribution in [2.24, 2.45) is 0 Å². The monoisotopic (exact) mass is 1010 g/mol. The van der Waals surface area contributed by atoms with Crippen LogP contribution in [0.1, 0.15) is 329 Å². The van der Waals surface area contributed by atoms with Crippen LogP contribution in [0.5, 0.6) is 0 Å². The van der Waals surface area contributed by atoms with Gasteiger partial charge in [-0.15, -0.1) is 0 Å². The molecule has 0 saturated carbocycles. The van der Waals surface area contributed by atoms with Gasteiger partial charge in [0, 0.05) is 19.4 Å². The lowest BCUT2D eigenvalue weighted by Gasteiger charge is -2.18. The Morgan fingerprint density at radius 1 is 0.319 bits per heavy atom. The number of hydrogen-bond donors (Lipinski definition) is 0. The number of ether oxygens (including phenoxy) is 3. The predicted molar refractivity (Wildman–Crippen MR) is 316 cm³/mol. The molecule has 0 saturated heterocycles. The number of allylic oxidation sites excluding steroid dienone is 10. The van der Waals surface area contributed by atoms with Crippen molar-refractivity contribution in [3.05, 3.63) is 60.8 Å². The van der Waals surface area contributed by atoms with Crippen molar-refractivity contribution >= 4 is 11.9 Å². The molecule has 0 aromatic carbocycles. The second-order valence-electron chi connectivity index (χ2n) is 21.3. The summed E-state index contributed by atoms with van der Waals surface area (Å²) < 4.78 is 17.5. The molecule has 0 aliphatic carbocycles. The van der Waals surface area contributed by atoms with Gasteiger partial charge in [0.05, 0.1) is 6.61 Å². The topological polar surface area (TPSA) is 61.8 Å². The zero-order valence-corrected chi connectivity index (χ0v) is 48.5. The Kier molecular flexibility index (Phi) is 60.8. The van der Waals surface area contributed by atoms with Crippen LogP contribution in [0, 0.1) is 0 Å². The van der Waals surface area contributed by atoms with E-state index >= 15 is 0 Å². The Balaban J connectivity index is 4.27. The zero-order valence-electron chi connectivity index (χ0n) is 48.5. The van der Waals surface area contributed by atoms with Crippen LogP contribution in [0.15, 0.2) is 60.8 Å². The molecule has 0 aromatic heterocycles. The fourth-order valence-electron chi connectivity index (χ4n) is 9.32. The summed E-state index contributed by atoms with van der Waals surface area (Å²) >= 11 is 0. The first-order valence-electron chi connectivity index (χ1n) is 31.8. The van der Waals surface area contributed by atoms with Crippen LogP contribution in [0.25, 0.3) is 0 Å². The van der Waals surface area contributed by atoms with Crippen LogP contribution in [-0.4, -0.2) is 37.9 Å². The molecular formula is C67H122O5. The largest absolute Gasteiger partial charge is 0.462 e. The molecule has 1 unspecified atom stereocenters. The summed E-state index contributed by atoms with van der Waals surface area (Å²) in [6.45, 7) is 7.75. The van der Waals surface area contributed by atoms with Gasteiger partial charge in [-0.3, -0.25) is 9.59 Å². The zero-order chi connectivity index (χ0) is 52.0. The summed E-state index contributed by atoms with van der Waals surface area (Å²) in [6, 6.07) is 0. The quantitative estimate of drug-likeness (QED) is 0.0345. The summed E-state index contributed by atoms with van der Waals surface area (Å²) in [5.74, 6) is -0.390. The van der Waals surface area contributed by atoms with Crippen molar-refractivity contribution in [1.29, 1.82) is 0 Å². The molecule has 0 bridgehead atoms. The van der Waals surface area contributed by atoms with Crippen LogP contribution >= 0.6 is 0 Å². The standard InChI is InChI=1S/C67H122O5/c1-4-7-10-13-16-19-22-25-28-31-33-35-38-41-44-47-50-53-56-59-62-70-63-65(72-67(69)61-58-55-52-49-46-43-40-36-30-27-24-21-18-15-12-9-6-3)64-71-66(68)60-57-54-51-48-45-42-39-37-34-32-29-26-23-20-17-14-11-8-5-2/h7,10,16,19,25,27-28,30,33,35,65H,4-6,8-9,11-15,17-18,20-24,26,29,31-32,34,36-64H2,1-3H3/b10-7-,19-16-,28-25-,30-27-,35-33-. The first-order valence-corrected chi connectivity index (χ1v) is 31.8. The minimum Gasteiger partial charge on any atom is -0.462 e. The SMILES string of the molecule is CC/C=C\C/C=C\C/C=C\C/C=C\CCCCCCCCCOCC(COC(=O)CCCCCCCCCCCCCCCCCCCCC)OC(=O)CCCCCCCCC/C=C\CCCCCCCC. The summed E-state index contributed by atoms with van der Waals surface area (Å²) in [4.78, 5) is 25.6. The molecule has 0 radical (unpaired) electrons. The summed E-state index contributed by atoms with van der Waals surface area (Å²) in [5, 5.41) is 0. The fourth-order valence-corrected chi connectivity index (χ4v) is 9.32. The van der Waals surface area contributed by atoms with E-state index in [9.17, 15) is 9.59 Å². The van der Waals surface area contributed by atoms with Crippen molar-refractivity contribution in [3.8, 4) is 0 Å². The second-order valence-corrected chi connectivity index (χ2v) is 21.3. The molecule has 0 heterocycles. The average molecular weight is 1010 g/mol. The lowest BCUT2D eigenvalue weighted by Crippen LogP contribution is -2.30. The van der Waals surface area contributed by atoms with E-state index in [1.807, 2.05) is 0 Å². The molecule has 420 valence electrons. The molecule has 5 heteroatoms. The molecule has 0 rings (SSSR count). The van der Waals surface area contributed by atoms with Gasteiger partial charge in [0.25, 0.3) is 0 Å². The number of carbonyl (C=O) groups is 2. The summed E-state index contributed by atoms with van der Waals surface area (Å²) in [7, 11) is 0. The molecule has 72 heavy (non-hydrogen) atoms. The number of carbonyl (C=O) groups excluding carboxylic acids is 2. The van der Waals surface area contributed by atoms with Crippen molar-refractivity contribution in [3.63, 3.8) is 0 Å². The third-order valence-electron chi connectivity index (χ3n) is 14.0. The van der Waals surface area contributed by atoms with Gasteiger partial charge in [-0.05, 0) is 83.5 Å². The van der Waals surface area contributed by atoms with Crippen LogP contribution < -0.4 is 0 Å². The van der Waals surface area contributed by atoms with E-state index in [1.165, 1.54) is 225 Å². The number of rotatable bonds is 59. The smallest absolute Gasteiger partial charge is 0.306 e. The number of unbranched alkanes of at least 4 members (excludes halogenated alkanes) is 38. The molecule has 1 atom stereocenters. The first kappa shape index (κ1) is 69.6. The van der Waals surface area contributed by atoms with Gasteiger partial charge in [-0.1, -0.05) is 293 Å². The van der Waals surface area contributed by atoms with E-state index in [4.69, 9.17) is 14.2 Å². The molecule has 0 aliphatic heterocycles. The lowest BCUT2D eigenvalue weighted by molar-refractivity contribution is -0.163. The van der Waals surface area contributed by atoms with Gasteiger partial charge < -0.3 is 14.2 Å². The first-order chi connectivity index (χ1) is 35.6. The molecular weight excluding hydrogens is 885 g/mol. The van der Waals surface area contributed by atoms with Crippen molar-refractivity contribution in [2.45, 2.75) is 335 Å². The van der Waals surface area contributed by atoms with E-state index < -0.39 is 6.10 Å². The molecule has 0 N–H and O–H groups in total. The third kappa shape index (κ3) is 60.2. The predicted octanol–water partition coefficient (Wildman–Crippen LogP) is 22.0. The Morgan fingerprint density at radius 3 is 1.01 bits per heavy atom. The highest BCUT2D eigenvalue weighted by Crippen LogP contribution is 2.17. The fraction of sp³-hybridized carbons (Fsp3) is 0.821. The Labute approximate surface area is 449 Å². The number of esters is 2. The second kappa shape index (κ2) is 62.9. The van der Waals surface area contributed by atoms with Crippen LogP contribution in [0.4, 0.5) is 0 Å². The van der Waals surface area contributed by atoms with Crippen LogP contribution in [-0.2, 0) is 23.8 Å². The van der Waals surface area contributed by atoms with Gasteiger partial charge in [0.2, 0.25) is 0 Å². The Morgan fingerprint density at radius 2 is 0.625 bits per heavy atom. The van der Waals surface area contributed by atoms with Crippen LogP contribution in [0.2, 0.25) is 0 Å². The van der Waals surface area contributed by atoms with Crippen molar-refractivity contribution < 1.29 is 23.8 Å². The molecule has 0 fully saturated rings. The number of hydrogen-bond acceptors (Lipinski definition) is 5. The van der Waals surface area contributed by atoms with Crippen LogP contribution in [0.3, 0.4) is 0 Å². The minimum atomic E-state index is -0.545. The molecule has 0 aromatic rings. The van der Waals surface area contributed by atoms with Crippen molar-refractivity contribution in [2.75, 3.05) is 19.8 Å². The Hall–Kier alpha value is -2.40. The third-order valence-corrected chi connectivity index (χ3v) is 14.0. The van der Waals surface area contributed by atoms with Crippen molar-refractivity contribution in [1.82, 2.24) is 0 Å². The van der Waals surface area contributed by atoms with Gasteiger partial charge in [0.15, 0.2) is 6.10 Å². The lowest BCUT2D eigenvalue weighted by atomic mass is 10.0. The maximum absolute atomic E-state index is 12.9. The van der Waals surface area contributed by atoms with E-state index in [0.29, 0.717) is 19.4 Å². The molecule has 0 spiro atoms. The molecule has 5 nitrogen and oxygen atoms in total. The van der Waals surface area contributed by atoms with E-state index in [-0.39, 0.29) is 25.2 Å². The highest BCUT2D eigenvalue weighted by Gasteiger charge is 2.18. The van der Waals surface area contributed by atoms with E-state index in [2.05, 4.69) is 81.5 Å². The molecule has 0 amide bonds. The molecule has 0 aliphatic rings. The van der Waals surface area contributed by atoms with Gasteiger partial charge >= 0.3 is 11.9 Å². The highest BCUT2D eigenvalue weighted by molar-refractivity contribution is 5.70. The maximum atomic E-state index is 12.9. The maximum Gasteiger partial charge on any atom is 0.306 e. The van der Waals surface area contributed by atoms with E-state index in [1.54, 1.807) is 0 Å². The van der Waals surface area contributed by atoms with E-state index in [0.717, 1.165) is 70.6 Å². The van der Waals surface area contributed by atoms with Gasteiger partial charge in [0.1, 0.15) is 6.61 Å².